The molecule has 110 valence electrons. The summed E-state index contributed by atoms with van der Waals surface area (Å²) in [7, 11) is 0. The van der Waals surface area contributed by atoms with Gasteiger partial charge in [-0.2, -0.15) is 4.98 Å². The molecule has 5 nitrogen and oxygen atoms in total. The second kappa shape index (κ2) is 5.26. The van der Waals surface area contributed by atoms with E-state index >= 15 is 0 Å². The molecular formula is C15H18N4OS. The van der Waals surface area contributed by atoms with Gasteiger partial charge in [0.15, 0.2) is 5.13 Å². The SMILES string of the molecule is Nc1nc2c(s1)-c1nc(OC3CCCCC3)ncc1CC2. The Bertz CT molecular complexity index is 664. The highest BCUT2D eigenvalue weighted by atomic mass is 32.1. The van der Waals surface area contributed by atoms with Gasteiger partial charge in [0.25, 0.3) is 0 Å². The van der Waals surface area contributed by atoms with Crippen molar-refractivity contribution in [3.63, 3.8) is 0 Å². The van der Waals surface area contributed by atoms with Gasteiger partial charge in [-0.1, -0.05) is 17.8 Å². The fourth-order valence-electron chi connectivity index (χ4n) is 3.14. The van der Waals surface area contributed by atoms with E-state index in [1.165, 1.54) is 36.2 Å². The van der Waals surface area contributed by atoms with Gasteiger partial charge < -0.3 is 10.5 Å². The Labute approximate surface area is 127 Å². The van der Waals surface area contributed by atoms with Crippen LogP contribution in [0.1, 0.15) is 43.4 Å². The number of aryl methyl sites for hydroxylation is 2. The van der Waals surface area contributed by atoms with E-state index in [0.29, 0.717) is 11.1 Å². The second-order valence-electron chi connectivity index (χ2n) is 5.73. The molecule has 0 spiro atoms. The maximum atomic E-state index is 5.97. The topological polar surface area (TPSA) is 73.9 Å². The fraction of sp³-hybridized carbons (Fsp3) is 0.533. The minimum Gasteiger partial charge on any atom is -0.460 e. The molecule has 0 saturated heterocycles. The van der Waals surface area contributed by atoms with Gasteiger partial charge in [0.1, 0.15) is 6.10 Å². The minimum atomic E-state index is 0.270. The van der Waals surface area contributed by atoms with Gasteiger partial charge in [-0.25, -0.2) is 9.97 Å². The Kier molecular flexibility index (Phi) is 3.25. The number of hydrogen-bond donors (Lipinski definition) is 1. The number of anilines is 1. The van der Waals surface area contributed by atoms with E-state index in [1.807, 2.05) is 6.20 Å². The van der Waals surface area contributed by atoms with Gasteiger partial charge in [0, 0.05) is 6.20 Å². The molecule has 21 heavy (non-hydrogen) atoms. The molecule has 0 radical (unpaired) electrons. The third kappa shape index (κ3) is 2.48. The van der Waals surface area contributed by atoms with Crippen molar-refractivity contribution in [2.75, 3.05) is 5.73 Å². The van der Waals surface area contributed by atoms with Crippen LogP contribution in [0, 0.1) is 0 Å². The predicted octanol–water partition coefficient (Wildman–Crippen LogP) is 2.99. The lowest BCUT2D eigenvalue weighted by Gasteiger charge is -2.22. The second-order valence-corrected chi connectivity index (χ2v) is 6.76. The summed E-state index contributed by atoms with van der Waals surface area (Å²) in [5, 5.41) is 0.612. The number of nitrogens with two attached hydrogens (primary N) is 1. The Morgan fingerprint density at radius 2 is 2.00 bits per heavy atom. The smallest absolute Gasteiger partial charge is 0.317 e. The Balaban J connectivity index is 1.64. The van der Waals surface area contributed by atoms with E-state index in [1.54, 1.807) is 0 Å². The van der Waals surface area contributed by atoms with E-state index in [-0.39, 0.29) is 6.10 Å². The number of hydrogen-bond acceptors (Lipinski definition) is 6. The zero-order valence-electron chi connectivity index (χ0n) is 11.8. The molecule has 2 aliphatic carbocycles. The third-order valence-electron chi connectivity index (χ3n) is 4.23. The molecule has 1 fully saturated rings. The van der Waals surface area contributed by atoms with E-state index in [9.17, 15) is 0 Å². The summed E-state index contributed by atoms with van der Waals surface area (Å²) in [6.07, 6.45) is 10.0. The predicted molar refractivity (Wildman–Crippen MR) is 82.5 cm³/mol. The summed E-state index contributed by atoms with van der Waals surface area (Å²) < 4.78 is 5.97. The zero-order valence-corrected chi connectivity index (χ0v) is 12.7. The minimum absolute atomic E-state index is 0.270. The van der Waals surface area contributed by atoms with Crippen molar-refractivity contribution in [2.45, 2.75) is 51.0 Å². The quantitative estimate of drug-likeness (QED) is 0.923. The Morgan fingerprint density at radius 1 is 1.14 bits per heavy atom. The van der Waals surface area contributed by atoms with Crippen molar-refractivity contribution in [3.05, 3.63) is 17.5 Å². The molecule has 0 bridgehead atoms. The van der Waals surface area contributed by atoms with Gasteiger partial charge in [-0.15, -0.1) is 0 Å². The number of fused-ring (bicyclic) bond motifs is 3. The van der Waals surface area contributed by atoms with Crippen LogP contribution in [0.2, 0.25) is 0 Å². The van der Waals surface area contributed by atoms with Crippen molar-refractivity contribution < 1.29 is 4.74 Å². The highest BCUT2D eigenvalue weighted by Crippen LogP contribution is 2.37. The first-order valence-electron chi connectivity index (χ1n) is 7.58. The maximum absolute atomic E-state index is 5.97. The molecule has 0 amide bonds. The number of nitrogen functional groups attached to an aromatic ring is 1. The first-order valence-corrected chi connectivity index (χ1v) is 8.39. The lowest BCUT2D eigenvalue weighted by Crippen LogP contribution is -2.21. The summed E-state index contributed by atoms with van der Waals surface area (Å²) in [6.45, 7) is 0. The summed E-state index contributed by atoms with van der Waals surface area (Å²) in [5.41, 5.74) is 9.03. The monoisotopic (exact) mass is 302 g/mol. The van der Waals surface area contributed by atoms with Crippen LogP contribution in [0.4, 0.5) is 5.13 Å². The van der Waals surface area contributed by atoms with E-state index in [4.69, 9.17) is 10.5 Å². The molecule has 0 aromatic carbocycles. The number of rotatable bonds is 2. The molecule has 0 atom stereocenters. The number of thiazole rings is 1. The Hall–Kier alpha value is -1.69. The highest BCUT2D eigenvalue weighted by Gasteiger charge is 2.24. The number of aromatic nitrogens is 3. The molecule has 2 aromatic rings. The summed E-state index contributed by atoms with van der Waals surface area (Å²) in [4.78, 5) is 14.5. The first kappa shape index (κ1) is 13.0. The molecular weight excluding hydrogens is 284 g/mol. The summed E-state index contributed by atoms with van der Waals surface area (Å²) in [6, 6.07) is 0.500. The number of nitrogens with zero attached hydrogens (tertiary/aromatic N) is 3. The van der Waals surface area contributed by atoms with Crippen LogP contribution < -0.4 is 10.5 Å². The van der Waals surface area contributed by atoms with Crippen LogP contribution in [0.3, 0.4) is 0 Å². The highest BCUT2D eigenvalue weighted by molar-refractivity contribution is 7.18. The average Bonchev–Trinajstić information content (AvgIpc) is 2.89. The number of ether oxygens (including phenoxy) is 1. The molecule has 1 saturated carbocycles. The summed E-state index contributed by atoms with van der Waals surface area (Å²) in [5.74, 6) is 0. The molecule has 2 heterocycles. The van der Waals surface area contributed by atoms with Crippen LogP contribution in [0.5, 0.6) is 6.01 Å². The van der Waals surface area contributed by atoms with Crippen LogP contribution >= 0.6 is 11.3 Å². The van der Waals surface area contributed by atoms with Gasteiger partial charge in [0.2, 0.25) is 0 Å². The average molecular weight is 302 g/mol. The standard InChI is InChI=1S/C15H18N4OS/c16-14-18-11-7-6-9-8-17-15(19-12(9)13(11)21-14)20-10-4-2-1-3-5-10/h8,10H,1-7H2,(H2,16,18). The van der Waals surface area contributed by atoms with E-state index in [2.05, 4.69) is 15.0 Å². The van der Waals surface area contributed by atoms with E-state index < -0.39 is 0 Å². The van der Waals surface area contributed by atoms with Crippen molar-refractivity contribution in [1.82, 2.24) is 15.0 Å². The largest absolute Gasteiger partial charge is 0.460 e. The molecule has 0 aliphatic heterocycles. The molecule has 2 aliphatic rings. The molecule has 2 aromatic heterocycles. The third-order valence-corrected chi connectivity index (χ3v) is 5.16. The molecule has 0 unspecified atom stereocenters. The van der Waals surface area contributed by atoms with Gasteiger partial charge in [-0.3, -0.25) is 0 Å². The van der Waals surface area contributed by atoms with Crippen molar-refractivity contribution in [3.8, 4) is 16.6 Å². The van der Waals surface area contributed by atoms with Crippen molar-refractivity contribution >= 4 is 16.5 Å². The van der Waals surface area contributed by atoms with Crippen LogP contribution in [0.15, 0.2) is 6.20 Å². The molecule has 2 N–H and O–H groups in total. The zero-order chi connectivity index (χ0) is 14.2. The van der Waals surface area contributed by atoms with Gasteiger partial charge in [0.05, 0.1) is 16.3 Å². The van der Waals surface area contributed by atoms with Crippen LogP contribution in [0.25, 0.3) is 10.6 Å². The Morgan fingerprint density at radius 3 is 2.86 bits per heavy atom. The lowest BCUT2D eigenvalue weighted by atomic mass is 9.98. The maximum Gasteiger partial charge on any atom is 0.317 e. The van der Waals surface area contributed by atoms with Crippen LogP contribution in [-0.2, 0) is 12.8 Å². The van der Waals surface area contributed by atoms with Crippen LogP contribution in [-0.4, -0.2) is 21.1 Å². The van der Waals surface area contributed by atoms with E-state index in [0.717, 1.165) is 41.9 Å². The summed E-state index contributed by atoms with van der Waals surface area (Å²) >= 11 is 1.51. The molecule has 6 heteroatoms. The fourth-order valence-corrected chi connectivity index (χ4v) is 4.04. The molecule has 4 rings (SSSR count). The first-order chi connectivity index (χ1) is 10.3. The normalized spacial score (nSPS) is 18.1. The van der Waals surface area contributed by atoms with Crippen molar-refractivity contribution in [2.24, 2.45) is 0 Å². The van der Waals surface area contributed by atoms with Gasteiger partial charge >= 0.3 is 6.01 Å². The van der Waals surface area contributed by atoms with Crippen molar-refractivity contribution in [1.29, 1.82) is 0 Å². The van der Waals surface area contributed by atoms with Gasteiger partial charge in [-0.05, 0) is 44.1 Å². The lowest BCUT2D eigenvalue weighted by molar-refractivity contribution is 0.142.